The zero-order valence-electron chi connectivity index (χ0n) is 11.3. The molecule has 0 bridgehead atoms. The molecule has 0 spiro atoms. The van der Waals surface area contributed by atoms with E-state index >= 15 is 0 Å². The maximum absolute atomic E-state index is 12.3. The summed E-state index contributed by atoms with van der Waals surface area (Å²) >= 11 is 11.7. The fourth-order valence-electron chi connectivity index (χ4n) is 1.62. The van der Waals surface area contributed by atoms with Gasteiger partial charge < -0.3 is 10.8 Å². The van der Waals surface area contributed by atoms with Crippen LogP contribution in [0.4, 0.5) is 5.69 Å². The molecule has 1 aromatic rings. The quantitative estimate of drug-likeness (QED) is 0.692. The first kappa shape index (κ1) is 17.5. The van der Waals surface area contributed by atoms with Crippen LogP contribution in [0.15, 0.2) is 17.0 Å². The SMILES string of the molecule is CC(C)(CCO)CNS(=O)(=O)c1c(N)cc(Cl)cc1Cl. The Morgan fingerprint density at radius 2 is 1.95 bits per heavy atom. The lowest BCUT2D eigenvalue weighted by Gasteiger charge is -2.24. The van der Waals surface area contributed by atoms with Crippen LogP contribution in [0.25, 0.3) is 0 Å². The normalized spacial score (nSPS) is 12.7. The average Bonchev–Trinajstić information content (AvgIpc) is 2.24. The summed E-state index contributed by atoms with van der Waals surface area (Å²) in [6.45, 7) is 3.84. The van der Waals surface area contributed by atoms with E-state index in [1.54, 1.807) is 0 Å². The number of nitrogens with one attached hydrogen (secondary N) is 1. The van der Waals surface area contributed by atoms with Crippen molar-refractivity contribution in [1.29, 1.82) is 0 Å². The molecule has 0 atom stereocenters. The van der Waals surface area contributed by atoms with E-state index < -0.39 is 10.0 Å². The second-order valence-corrected chi connectivity index (χ2v) is 7.82. The Balaban J connectivity index is 3.01. The molecular formula is C12H18Cl2N2O3S. The zero-order valence-corrected chi connectivity index (χ0v) is 13.6. The Bertz CT molecular complexity index is 565. The van der Waals surface area contributed by atoms with Crippen LogP contribution in [0.2, 0.25) is 10.0 Å². The second kappa shape index (κ2) is 6.49. The predicted molar refractivity (Wildman–Crippen MR) is 81.5 cm³/mol. The van der Waals surface area contributed by atoms with Gasteiger partial charge in [0.2, 0.25) is 10.0 Å². The molecule has 0 heterocycles. The molecule has 0 aliphatic heterocycles. The third-order valence-corrected chi connectivity index (χ3v) is 4.98. The molecule has 0 aliphatic carbocycles. The molecular weight excluding hydrogens is 323 g/mol. The van der Waals surface area contributed by atoms with Crippen molar-refractivity contribution in [1.82, 2.24) is 4.72 Å². The van der Waals surface area contributed by atoms with Crippen molar-refractivity contribution in [2.75, 3.05) is 18.9 Å². The first-order valence-electron chi connectivity index (χ1n) is 5.94. The summed E-state index contributed by atoms with van der Waals surface area (Å²) in [5.41, 5.74) is 5.29. The molecule has 0 aromatic heterocycles. The Morgan fingerprint density at radius 1 is 1.35 bits per heavy atom. The van der Waals surface area contributed by atoms with Crippen molar-refractivity contribution >= 4 is 38.9 Å². The van der Waals surface area contributed by atoms with Crippen molar-refractivity contribution < 1.29 is 13.5 Å². The molecule has 0 unspecified atom stereocenters. The van der Waals surface area contributed by atoms with Gasteiger partial charge in [0.25, 0.3) is 0 Å². The van der Waals surface area contributed by atoms with Crippen LogP contribution >= 0.6 is 23.2 Å². The molecule has 1 aromatic carbocycles. The maximum Gasteiger partial charge on any atom is 0.244 e. The van der Waals surface area contributed by atoms with Crippen molar-refractivity contribution in [2.45, 2.75) is 25.2 Å². The molecule has 114 valence electrons. The standard InChI is InChI=1S/C12H18Cl2N2O3S/c1-12(2,3-4-17)7-16-20(18,19)11-9(14)5-8(13)6-10(11)15/h5-6,16-17H,3-4,7,15H2,1-2H3. The number of sulfonamides is 1. The van der Waals surface area contributed by atoms with Gasteiger partial charge in [0, 0.05) is 18.2 Å². The summed E-state index contributed by atoms with van der Waals surface area (Å²) in [6.07, 6.45) is 0.472. The van der Waals surface area contributed by atoms with Gasteiger partial charge in [0.1, 0.15) is 4.90 Å². The number of halogens is 2. The molecule has 20 heavy (non-hydrogen) atoms. The summed E-state index contributed by atoms with van der Waals surface area (Å²) in [7, 11) is -3.84. The minimum atomic E-state index is -3.84. The van der Waals surface area contributed by atoms with Gasteiger partial charge in [-0.2, -0.15) is 0 Å². The summed E-state index contributed by atoms with van der Waals surface area (Å²) in [6, 6.07) is 2.66. The number of anilines is 1. The fraction of sp³-hybridized carbons (Fsp3) is 0.500. The molecule has 5 nitrogen and oxygen atoms in total. The van der Waals surface area contributed by atoms with E-state index in [0.29, 0.717) is 6.42 Å². The van der Waals surface area contributed by atoms with Crippen LogP contribution in [0.5, 0.6) is 0 Å². The summed E-state index contributed by atoms with van der Waals surface area (Å²) in [5.74, 6) is 0. The lowest BCUT2D eigenvalue weighted by Crippen LogP contribution is -2.35. The Morgan fingerprint density at radius 3 is 2.45 bits per heavy atom. The second-order valence-electron chi connectivity index (χ2n) is 5.27. The number of hydrogen-bond donors (Lipinski definition) is 3. The minimum absolute atomic E-state index is 0.00466. The van der Waals surface area contributed by atoms with Crippen LogP contribution in [0, 0.1) is 5.41 Å². The lowest BCUT2D eigenvalue weighted by atomic mass is 9.90. The summed E-state index contributed by atoms with van der Waals surface area (Å²) < 4.78 is 27.0. The molecule has 0 amide bonds. The largest absolute Gasteiger partial charge is 0.398 e. The summed E-state index contributed by atoms with van der Waals surface area (Å²) in [4.78, 5) is -0.177. The highest BCUT2D eigenvalue weighted by Crippen LogP contribution is 2.31. The first-order valence-corrected chi connectivity index (χ1v) is 8.18. The number of rotatable bonds is 6. The minimum Gasteiger partial charge on any atom is -0.398 e. The fourth-order valence-corrected chi connectivity index (χ4v) is 3.84. The van der Waals surface area contributed by atoms with Crippen LogP contribution in [0.3, 0.4) is 0 Å². The highest BCUT2D eigenvalue weighted by Gasteiger charge is 2.25. The van der Waals surface area contributed by atoms with Gasteiger partial charge in [-0.25, -0.2) is 13.1 Å². The Kier molecular flexibility index (Phi) is 5.69. The van der Waals surface area contributed by atoms with Crippen molar-refractivity contribution in [3.05, 3.63) is 22.2 Å². The molecule has 0 fully saturated rings. The van der Waals surface area contributed by atoms with Gasteiger partial charge >= 0.3 is 0 Å². The predicted octanol–water partition coefficient (Wildman–Crippen LogP) is 2.26. The third kappa shape index (κ3) is 4.49. The van der Waals surface area contributed by atoms with Gasteiger partial charge in [0.05, 0.1) is 10.7 Å². The van der Waals surface area contributed by atoms with Gasteiger partial charge in [0.15, 0.2) is 0 Å². The third-order valence-electron chi connectivity index (χ3n) is 2.84. The van der Waals surface area contributed by atoms with E-state index in [1.165, 1.54) is 12.1 Å². The number of hydrogen-bond acceptors (Lipinski definition) is 4. The van der Waals surface area contributed by atoms with Crippen molar-refractivity contribution in [2.24, 2.45) is 5.41 Å². The average molecular weight is 341 g/mol. The van der Waals surface area contributed by atoms with Gasteiger partial charge in [-0.15, -0.1) is 0 Å². The Hall–Kier alpha value is -0.530. The van der Waals surface area contributed by atoms with Crippen molar-refractivity contribution in [3.8, 4) is 0 Å². The van der Waals surface area contributed by atoms with E-state index in [1.807, 2.05) is 13.8 Å². The molecule has 4 N–H and O–H groups in total. The van der Waals surface area contributed by atoms with E-state index in [9.17, 15) is 8.42 Å². The smallest absolute Gasteiger partial charge is 0.244 e. The Labute approximate surface area is 129 Å². The van der Waals surface area contributed by atoms with E-state index in [2.05, 4.69) is 4.72 Å². The number of nitrogen functional groups attached to an aromatic ring is 1. The van der Waals surface area contributed by atoms with Gasteiger partial charge in [-0.05, 0) is 24.0 Å². The highest BCUT2D eigenvalue weighted by molar-refractivity contribution is 7.89. The topological polar surface area (TPSA) is 92.4 Å². The molecule has 0 saturated heterocycles. The lowest BCUT2D eigenvalue weighted by molar-refractivity contribution is 0.213. The van der Waals surface area contributed by atoms with E-state index in [-0.39, 0.29) is 39.2 Å². The molecule has 0 saturated carbocycles. The number of nitrogens with two attached hydrogens (primary N) is 1. The van der Waals surface area contributed by atoms with E-state index in [4.69, 9.17) is 34.0 Å². The zero-order chi connectivity index (χ0) is 15.6. The van der Waals surface area contributed by atoms with Gasteiger partial charge in [-0.3, -0.25) is 0 Å². The van der Waals surface area contributed by atoms with Crippen LogP contribution in [0.1, 0.15) is 20.3 Å². The van der Waals surface area contributed by atoms with Crippen molar-refractivity contribution in [3.63, 3.8) is 0 Å². The summed E-state index contributed by atoms with van der Waals surface area (Å²) in [5, 5.41) is 9.18. The molecule has 0 aliphatic rings. The first-order chi connectivity index (χ1) is 9.09. The molecule has 0 radical (unpaired) electrons. The number of aliphatic hydroxyl groups excluding tert-OH is 1. The van der Waals surface area contributed by atoms with Gasteiger partial charge in [-0.1, -0.05) is 37.0 Å². The highest BCUT2D eigenvalue weighted by atomic mass is 35.5. The van der Waals surface area contributed by atoms with Crippen LogP contribution in [-0.4, -0.2) is 26.7 Å². The number of benzene rings is 1. The molecule has 1 rings (SSSR count). The van der Waals surface area contributed by atoms with Crippen LogP contribution < -0.4 is 10.5 Å². The monoisotopic (exact) mass is 340 g/mol. The maximum atomic E-state index is 12.3. The van der Waals surface area contributed by atoms with E-state index in [0.717, 1.165) is 0 Å². The molecule has 8 heteroatoms. The van der Waals surface area contributed by atoms with Crippen LogP contribution in [-0.2, 0) is 10.0 Å². The number of aliphatic hydroxyl groups is 1.